The number of guanidine groups is 1. The summed E-state index contributed by atoms with van der Waals surface area (Å²) in [6, 6.07) is 6.47. The lowest BCUT2D eigenvalue weighted by molar-refractivity contribution is -0.137. The van der Waals surface area contributed by atoms with Crippen molar-refractivity contribution in [1.82, 2.24) is 10.3 Å². The molecule has 0 spiro atoms. The zero-order valence-corrected chi connectivity index (χ0v) is 15.9. The first-order valence-corrected chi connectivity index (χ1v) is 9.19. The fraction of sp³-hybridized carbons (Fsp3) is 0.316. The molecule has 1 fully saturated rings. The second-order valence-corrected chi connectivity index (χ2v) is 6.89. The molecule has 3 rings (SSSR count). The first-order chi connectivity index (χ1) is 14.1. The summed E-state index contributed by atoms with van der Waals surface area (Å²) >= 11 is 0. The minimum atomic E-state index is -4.66. The van der Waals surface area contributed by atoms with Gasteiger partial charge in [-0.1, -0.05) is 0 Å². The van der Waals surface area contributed by atoms with Crippen molar-refractivity contribution in [3.05, 3.63) is 53.3 Å². The molecule has 0 saturated carbocycles. The molecule has 0 atom stereocenters. The van der Waals surface area contributed by atoms with Crippen molar-refractivity contribution in [1.29, 1.82) is 0 Å². The third kappa shape index (κ3) is 4.91. The number of anilines is 1. The minimum absolute atomic E-state index is 0.0297. The molecule has 6 N–H and O–H groups in total. The fourth-order valence-corrected chi connectivity index (χ4v) is 3.35. The number of halogens is 3. The number of hydrogen-bond donors (Lipinski definition) is 4. The van der Waals surface area contributed by atoms with Gasteiger partial charge >= 0.3 is 6.18 Å². The van der Waals surface area contributed by atoms with E-state index in [-0.39, 0.29) is 23.2 Å². The molecular formula is C19H21F3N6O2. The first kappa shape index (κ1) is 21.2. The predicted molar refractivity (Wildman–Crippen MR) is 105 cm³/mol. The van der Waals surface area contributed by atoms with Crippen LogP contribution in [0.4, 0.5) is 18.9 Å². The summed E-state index contributed by atoms with van der Waals surface area (Å²) in [6.45, 7) is 0.639. The number of carbonyl (C=O) groups is 2. The lowest BCUT2D eigenvalue weighted by Crippen LogP contribution is -2.45. The Hall–Kier alpha value is -3.50. The Kier molecular flexibility index (Phi) is 5.99. The van der Waals surface area contributed by atoms with Gasteiger partial charge in [-0.25, -0.2) is 0 Å². The molecule has 1 aromatic carbocycles. The minimum Gasteiger partial charge on any atom is -0.371 e. The van der Waals surface area contributed by atoms with Crippen LogP contribution in [0.3, 0.4) is 0 Å². The number of carbonyl (C=O) groups excluding carboxylic acids is 2. The number of nitrogens with zero attached hydrogens (tertiary/aromatic N) is 2. The monoisotopic (exact) mass is 422 g/mol. The summed E-state index contributed by atoms with van der Waals surface area (Å²) < 4.78 is 40.9. The van der Waals surface area contributed by atoms with Crippen LogP contribution in [0.5, 0.6) is 0 Å². The highest BCUT2D eigenvalue weighted by molar-refractivity contribution is 6.02. The van der Waals surface area contributed by atoms with E-state index in [1.54, 1.807) is 23.2 Å². The zero-order valence-electron chi connectivity index (χ0n) is 15.9. The summed E-state index contributed by atoms with van der Waals surface area (Å²) in [7, 11) is 0. The van der Waals surface area contributed by atoms with Crippen LogP contribution in [0.1, 0.15) is 39.3 Å². The molecule has 2 heterocycles. The highest BCUT2D eigenvalue weighted by atomic mass is 19.4. The van der Waals surface area contributed by atoms with Gasteiger partial charge in [0.1, 0.15) is 5.69 Å². The summed E-state index contributed by atoms with van der Waals surface area (Å²) in [5.41, 5.74) is 9.45. The zero-order chi connectivity index (χ0) is 21.9. The van der Waals surface area contributed by atoms with Crippen LogP contribution in [-0.2, 0) is 6.18 Å². The van der Waals surface area contributed by atoms with Gasteiger partial charge in [-0.2, -0.15) is 18.2 Å². The molecule has 0 bridgehead atoms. The number of piperidine rings is 1. The molecule has 1 saturated heterocycles. The maximum atomic E-state index is 13.6. The Balaban J connectivity index is 1.73. The number of H-pyrrole nitrogens is 1. The van der Waals surface area contributed by atoms with E-state index in [4.69, 9.17) is 11.5 Å². The summed E-state index contributed by atoms with van der Waals surface area (Å²) in [4.78, 5) is 31.7. The van der Waals surface area contributed by atoms with Crippen molar-refractivity contribution in [3.8, 4) is 0 Å². The second-order valence-electron chi connectivity index (χ2n) is 6.89. The van der Waals surface area contributed by atoms with Crippen LogP contribution in [0.15, 0.2) is 41.5 Å². The van der Waals surface area contributed by atoms with E-state index in [0.717, 1.165) is 6.07 Å². The van der Waals surface area contributed by atoms with Crippen LogP contribution in [0.2, 0.25) is 0 Å². The van der Waals surface area contributed by atoms with Crippen LogP contribution < -0.4 is 21.7 Å². The fourth-order valence-electron chi connectivity index (χ4n) is 3.35. The molecule has 11 heteroatoms. The van der Waals surface area contributed by atoms with Crippen molar-refractivity contribution in [2.24, 2.45) is 16.5 Å². The van der Waals surface area contributed by atoms with Gasteiger partial charge in [0.2, 0.25) is 0 Å². The smallest absolute Gasteiger partial charge is 0.371 e. The largest absolute Gasteiger partial charge is 0.418 e. The van der Waals surface area contributed by atoms with Gasteiger partial charge in [0, 0.05) is 36.6 Å². The van der Waals surface area contributed by atoms with Crippen molar-refractivity contribution in [3.63, 3.8) is 0 Å². The van der Waals surface area contributed by atoms with Crippen molar-refractivity contribution in [2.45, 2.75) is 25.1 Å². The van der Waals surface area contributed by atoms with Gasteiger partial charge in [-0.3, -0.25) is 9.59 Å². The number of rotatable bonds is 4. The number of benzene rings is 1. The molecular weight excluding hydrogens is 401 g/mol. The maximum Gasteiger partial charge on any atom is 0.418 e. The average Bonchev–Trinajstić information content (AvgIpc) is 3.22. The summed E-state index contributed by atoms with van der Waals surface area (Å²) in [5.74, 6) is -1.73. The maximum absolute atomic E-state index is 13.6. The summed E-state index contributed by atoms with van der Waals surface area (Å²) in [5, 5.41) is 2.88. The Morgan fingerprint density at radius 3 is 2.43 bits per heavy atom. The van der Waals surface area contributed by atoms with Gasteiger partial charge in [0.25, 0.3) is 11.8 Å². The van der Waals surface area contributed by atoms with E-state index >= 15 is 0 Å². The number of aromatic amines is 1. The lowest BCUT2D eigenvalue weighted by atomic mass is 10.0. The van der Waals surface area contributed by atoms with Gasteiger partial charge in [0.05, 0.1) is 5.56 Å². The highest BCUT2D eigenvalue weighted by Crippen LogP contribution is 2.38. The molecule has 0 aliphatic carbocycles. The quantitative estimate of drug-likeness (QED) is 0.441. The number of hydrogen-bond acceptors (Lipinski definition) is 3. The van der Waals surface area contributed by atoms with E-state index in [1.165, 1.54) is 12.1 Å². The molecule has 8 nitrogen and oxygen atoms in total. The van der Waals surface area contributed by atoms with Crippen molar-refractivity contribution < 1.29 is 22.8 Å². The average molecular weight is 422 g/mol. The molecule has 1 aromatic heterocycles. The third-order valence-electron chi connectivity index (χ3n) is 4.79. The number of aliphatic imine (C=N–C) groups is 1. The van der Waals surface area contributed by atoms with E-state index in [9.17, 15) is 22.8 Å². The van der Waals surface area contributed by atoms with Gasteiger partial charge in [0.15, 0.2) is 5.96 Å². The Morgan fingerprint density at radius 1 is 1.17 bits per heavy atom. The molecule has 0 radical (unpaired) electrons. The molecule has 2 aromatic rings. The third-order valence-corrected chi connectivity index (χ3v) is 4.79. The molecule has 1 aliphatic heterocycles. The van der Waals surface area contributed by atoms with E-state index in [1.807, 2.05) is 0 Å². The standard InChI is InChI=1S/C19H21F3N6O2/c20-19(21,22)13-10-11(16(29)27-18(23)24)3-4-15(13)28-8-5-12(6-9-28)26-17(30)14-2-1-7-25-14/h1-4,7,10,12,25H,5-6,8-9H2,(H,26,30)(H4,23,24,27,29). The second kappa shape index (κ2) is 8.47. The van der Waals surface area contributed by atoms with Crippen LogP contribution in [0, 0.1) is 0 Å². The predicted octanol–water partition coefficient (Wildman–Crippen LogP) is 1.85. The van der Waals surface area contributed by atoms with Crippen molar-refractivity contribution >= 4 is 23.5 Å². The van der Waals surface area contributed by atoms with Crippen LogP contribution in [0.25, 0.3) is 0 Å². The van der Waals surface area contributed by atoms with E-state index in [2.05, 4.69) is 15.3 Å². The normalized spacial score (nSPS) is 15.0. The number of alkyl halides is 3. The molecule has 1 aliphatic rings. The molecule has 2 amide bonds. The number of amides is 2. The first-order valence-electron chi connectivity index (χ1n) is 9.19. The Labute approximate surface area is 170 Å². The van der Waals surface area contributed by atoms with Gasteiger partial charge < -0.3 is 26.7 Å². The molecule has 0 unspecified atom stereocenters. The van der Waals surface area contributed by atoms with E-state index < -0.39 is 23.6 Å². The number of nitrogens with two attached hydrogens (primary N) is 2. The Morgan fingerprint density at radius 2 is 1.87 bits per heavy atom. The van der Waals surface area contributed by atoms with Crippen molar-refractivity contribution in [2.75, 3.05) is 18.0 Å². The topological polar surface area (TPSA) is 130 Å². The lowest BCUT2D eigenvalue weighted by Gasteiger charge is -2.35. The summed E-state index contributed by atoms with van der Waals surface area (Å²) in [6.07, 6.45) is -2.06. The molecule has 30 heavy (non-hydrogen) atoms. The highest BCUT2D eigenvalue weighted by Gasteiger charge is 2.36. The van der Waals surface area contributed by atoms with Gasteiger partial charge in [-0.05, 0) is 43.2 Å². The SMILES string of the molecule is NC(N)=NC(=O)c1ccc(N2CCC(NC(=O)c3ccc[nH]3)CC2)c(C(F)(F)F)c1. The van der Waals surface area contributed by atoms with Crippen LogP contribution >= 0.6 is 0 Å². The van der Waals surface area contributed by atoms with Crippen LogP contribution in [-0.4, -0.2) is 41.9 Å². The number of nitrogens with one attached hydrogen (secondary N) is 2. The molecule has 160 valence electrons. The van der Waals surface area contributed by atoms with E-state index in [0.29, 0.717) is 31.6 Å². The Bertz CT molecular complexity index is 944. The van der Waals surface area contributed by atoms with Gasteiger partial charge in [-0.15, -0.1) is 0 Å². The number of aromatic nitrogens is 1.